The molecule has 4 N–H and O–H groups in total. The fourth-order valence-electron chi connectivity index (χ4n) is 23.7. The first-order chi connectivity index (χ1) is 70.4. The molecule has 6 aliphatic heterocycles. The number of piperidine rings is 2. The molecule has 0 saturated carbocycles. The quantitative estimate of drug-likeness (QED) is 0.0273. The van der Waals surface area contributed by atoms with Crippen LogP contribution in [0.3, 0.4) is 0 Å². The molecule has 11 heterocycles. The van der Waals surface area contributed by atoms with Crippen molar-refractivity contribution in [3.05, 3.63) is 192 Å². The van der Waals surface area contributed by atoms with Gasteiger partial charge in [-0.15, -0.1) is 0 Å². The van der Waals surface area contributed by atoms with Crippen LogP contribution in [0, 0.1) is 12.8 Å². The van der Waals surface area contributed by atoms with Crippen molar-refractivity contribution in [3.63, 3.8) is 0 Å². The number of ether oxygens (including phenoxy) is 1. The maximum absolute atomic E-state index is 13.4. The minimum absolute atomic E-state index is 0.00953. The number of rotatable bonds is 34. The van der Waals surface area contributed by atoms with Gasteiger partial charge in [-0.2, -0.15) is 25.5 Å². The summed E-state index contributed by atoms with van der Waals surface area (Å²) in [6.45, 7) is 35.0. The number of amides is 6. The highest BCUT2D eigenvalue weighted by atomic mass is 16.5. The highest BCUT2D eigenvalue weighted by Crippen LogP contribution is 2.36. The van der Waals surface area contributed by atoms with E-state index in [1.54, 1.807) is 19.0 Å². The average Bonchev–Trinajstić information content (AvgIpc) is 1.65. The lowest BCUT2D eigenvalue weighted by atomic mass is 9.83. The van der Waals surface area contributed by atoms with Crippen LogP contribution in [0.2, 0.25) is 0 Å². The predicted molar refractivity (Wildman–Crippen MR) is 572 cm³/mol. The van der Waals surface area contributed by atoms with Crippen LogP contribution in [-0.2, 0) is 126 Å². The second-order valence-corrected chi connectivity index (χ2v) is 43.0. The minimum atomic E-state index is 0.00953. The number of carbonyl (C=O) groups excluding carboxylic acids is 6. The van der Waals surface area contributed by atoms with E-state index in [1.807, 2.05) is 14.7 Å². The van der Waals surface area contributed by atoms with Crippen molar-refractivity contribution in [3.8, 4) is 0 Å². The Morgan fingerprint density at radius 2 is 0.701 bits per heavy atom. The van der Waals surface area contributed by atoms with Gasteiger partial charge in [-0.1, -0.05) is 151 Å². The van der Waals surface area contributed by atoms with Gasteiger partial charge < -0.3 is 55.4 Å². The SMILES string of the molecule is CCCn1nc(C(=O)N(C)C)c2c1CCC(NCc1ccc(C)cc1)C2.CCCn1nc(C(=O)N2CCCCC2)c2c1CCC(NCCCN1CCCC1=O)C2.CCCn1nc(C(=O)N2CCCCC2)c2c1CCC(NCc1ccccc1)C2.CCCn1nc(C(=O)N2CCCCCC2)c2c1CCC(CCCN1CCOCC1)C2.CCCn1nc(C(=O)N2CCCCCC2)c2c1CCC(NCCc1ccccc1)C2. The first-order valence-electron chi connectivity index (χ1n) is 56.9. The van der Waals surface area contributed by atoms with E-state index in [0.29, 0.717) is 53.8 Å². The van der Waals surface area contributed by atoms with E-state index >= 15 is 0 Å². The number of nitrogens with one attached hydrogen (secondary N) is 4. The van der Waals surface area contributed by atoms with Crippen LogP contribution in [0.4, 0.5) is 0 Å². The predicted octanol–water partition coefficient (Wildman–Crippen LogP) is 16.4. The first-order valence-corrected chi connectivity index (χ1v) is 56.9. The third-order valence-electron chi connectivity index (χ3n) is 31.7. The summed E-state index contributed by atoms with van der Waals surface area (Å²) in [6.07, 6.45) is 43.2. The van der Waals surface area contributed by atoms with Crippen LogP contribution in [0.1, 0.15) is 352 Å². The number of benzene rings is 3. The van der Waals surface area contributed by atoms with E-state index in [0.717, 1.165) is 366 Å². The molecule has 786 valence electrons. The number of hydrogen-bond acceptors (Lipinski definition) is 17. The molecule has 11 aliphatic rings. The van der Waals surface area contributed by atoms with Crippen LogP contribution in [0.25, 0.3) is 0 Å². The lowest BCUT2D eigenvalue weighted by Crippen LogP contribution is -2.39. The molecule has 0 spiro atoms. The van der Waals surface area contributed by atoms with Gasteiger partial charge in [0.2, 0.25) is 5.91 Å². The molecule has 6 saturated heterocycles. The lowest BCUT2D eigenvalue weighted by Gasteiger charge is -2.28. The minimum Gasteiger partial charge on any atom is -0.379 e. The van der Waals surface area contributed by atoms with Crippen molar-refractivity contribution in [2.24, 2.45) is 5.92 Å². The zero-order valence-corrected chi connectivity index (χ0v) is 89.2. The van der Waals surface area contributed by atoms with Gasteiger partial charge in [-0.05, 0) is 274 Å². The number of fused-ring (bicyclic) bond motifs is 5. The molecule has 0 bridgehead atoms. The van der Waals surface area contributed by atoms with Crippen molar-refractivity contribution < 1.29 is 33.5 Å². The Kier molecular flexibility index (Phi) is 42.1. The van der Waals surface area contributed by atoms with Gasteiger partial charge in [-0.25, -0.2) is 0 Å². The van der Waals surface area contributed by atoms with Crippen molar-refractivity contribution in [1.29, 1.82) is 0 Å². The molecule has 144 heavy (non-hydrogen) atoms. The summed E-state index contributed by atoms with van der Waals surface area (Å²) in [5.74, 6) is 1.64. The normalized spacial score (nSPS) is 20.2. The Balaban J connectivity index is 0.000000136. The van der Waals surface area contributed by atoms with Crippen molar-refractivity contribution in [1.82, 2.24) is 104 Å². The highest BCUT2D eigenvalue weighted by Gasteiger charge is 2.39. The third kappa shape index (κ3) is 29.7. The maximum atomic E-state index is 13.4. The van der Waals surface area contributed by atoms with Gasteiger partial charge >= 0.3 is 0 Å². The number of likely N-dealkylation sites (tertiary alicyclic amines) is 5. The van der Waals surface area contributed by atoms with Crippen molar-refractivity contribution in [2.75, 3.05) is 125 Å². The topological polar surface area (TPSA) is 272 Å². The second kappa shape index (κ2) is 55.9. The maximum Gasteiger partial charge on any atom is 0.274 e. The van der Waals surface area contributed by atoms with E-state index in [2.05, 4.69) is 191 Å². The summed E-state index contributed by atoms with van der Waals surface area (Å²) in [5, 5.41) is 38.8. The summed E-state index contributed by atoms with van der Waals surface area (Å²) >= 11 is 0. The third-order valence-corrected chi connectivity index (χ3v) is 31.7. The van der Waals surface area contributed by atoms with Crippen LogP contribution in [0.5, 0.6) is 0 Å². The lowest BCUT2D eigenvalue weighted by molar-refractivity contribution is -0.127. The van der Waals surface area contributed by atoms with E-state index < -0.39 is 0 Å². The number of nitrogens with zero attached hydrogens (tertiary/aromatic N) is 17. The van der Waals surface area contributed by atoms with E-state index in [1.165, 1.54) is 137 Å². The standard InChI is InChI=1S/C25H36N4O.C24H40N4O2.C23H37N5O2.C23H32N4O.C21H30N4O/c1-2-16-29-23-13-12-21(26-15-14-20-10-6-5-7-11-20)19-22(23)24(27-29)25(30)28-17-8-3-4-9-18-28;1-2-11-28-22-10-9-20(8-7-12-26-15-17-30-18-16-26)19-21(22)23(25-28)24(29)27-13-5-3-4-6-14-27;1-2-12-28-20-10-9-18(24-11-7-16-26-15-6-8-21(26)29)17-19(20)22(25-28)23(30)27-13-4-3-5-14-27;1-2-13-27-21-12-11-19(24-17-18-9-5-3-6-10-18)16-20(21)22(25-27)23(28)26-14-7-4-8-15-26;1-5-12-25-19-11-10-17(22-14-16-8-6-15(2)7-9-16)13-18(19)20(23-25)21(26)24(3)4/h5-7,10-11,21,26H,2-4,8-9,12-19H2,1H3;20H,2-19H2,1H3;18,24H,2-17H2,1H3;3,5-6,9-10,19,24H,2,4,7-8,11-17H2,1H3;6-9,17,22H,5,10-14H2,1-4H3. The molecule has 3 aromatic carbocycles. The number of hydrogen-bond donors (Lipinski definition) is 4. The fraction of sp³-hybridized carbons (Fsp3) is 0.664. The Morgan fingerprint density at radius 3 is 1.08 bits per heavy atom. The van der Waals surface area contributed by atoms with Crippen LogP contribution in [0.15, 0.2) is 84.9 Å². The highest BCUT2D eigenvalue weighted by molar-refractivity contribution is 5.97. The molecule has 28 heteroatoms. The molecule has 5 aliphatic carbocycles. The second-order valence-electron chi connectivity index (χ2n) is 43.0. The molecule has 19 rings (SSSR count). The summed E-state index contributed by atoms with van der Waals surface area (Å²) in [5.41, 5.74) is 21.3. The molecule has 6 fully saturated rings. The van der Waals surface area contributed by atoms with Gasteiger partial charge in [0.05, 0.1) is 13.2 Å². The molecular weight excluding hydrogens is 1800 g/mol. The molecule has 8 aromatic rings. The number of morpholine rings is 1. The van der Waals surface area contributed by atoms with Crippen LogP contribution >= 0.6 is 0 Å². The molecule has 0 radical (unpaired) electrons. The molecule has 6 amide bonds. The number of aryl methyl sites for hydroxylation is 6. The van der Waals surface area contributed by atoms with Crippen LogP contribution in [-0.4, -0.2) is 268 Å². The van der Waals surface area contributed by atoms with E-state index in [4.69, 9.17) is 25.1 Å². The van der Waals surface area contributed by atoms with E-state index in [-0.39, 0.29) is 29.5 Å². The summed E-state index contributed by atoms with van der Waals surface area (Å²) in [4.78, 5) is 91.9. The Bertz CT molecular complexity index is 5330. The van der Waals surface area contributed by atoms with Gasteiger partial charge in [0.15, 0.2) is 28.5 Å². The average molecular weight is 1980 g/mol. The van der Waals surface area contributed by atoms with Crippen LogP contribution < -0.4 is 21.3 Å². The zero-order valence-electron chi connectivity index (χ0n) is 89.2. The molecule has 5 aromatic heterocycles. The smallest absolute Gasteiger partial charge is 0.274 e. The van der Waals surface area contributed by atoms with Gasteiger partial charge in [0, 0.05) is 225 Å². The summed E-state index contributed by atoms with van der Waals surface area (Å²) in [7, 11) is 3.59. The first kappa shape index (κ1) is 108. The Hall–Kier alpha value is -9.71. The molecule has 5 atom stereocenters. The number of carbonyl (C=O) groups is 6. The Labute approximate surface area is 860 Å². The van der Waals surface area contributed by atoms with Gasteiger partial charge in [-0.3, -0.25) is 57.1 Å². The summed E-state index contributed by atoms with van der Waals surface area (Å²) in [6, 6.07) is 31.4. The fourth-order valence-corrected chi connectivity index (χ4v) is 23.7. The molecule has 28 nitrogen and oxygen atoms in total. The van der Waals surface area contributed by atoms with Gasteiger partial charge in [0.25, 0.3) is 29.5 Å². The van der Waals surface area contributed by atoms with Gasteiger partial charge in [0.1, 0.15) is 0 Å². The molecule has 5 unspecified atom stereocenters. The van der Waals surface area contributed by atoms with E-state index in [9.17, 15) is 28.8 Å². The van der Waals surface area contributed by atoms with Crippen molar-refractivity contribution in [2.45, 2.75) is 368 Å². The monoisotopic (exact) mass is 1970 g/mol. The Morgan fingerprint density at radius 1 is 0.354 bits per heavy atom. The summed E-state index contributed by atoms with van der Waals surface area (Å²) < 4.78 is 16.0. The zero-order chi connectivity index (χ0) is 100. The van der Waals surface area contributed by atoms with Crippen molar-refractivity contribution >= 4 is 35.4 Å². The molecular formula is C116H175N21O7. The number of aromatic nitrogens is 10. The largest absolute Gasteiger partial charge is 0.379 e.